The van der Waals surface area contributed by atoms with Crippen LogP contribution in [0.5, 0.6) is 0 Å². The number of fused-ring (bicyclic) bond motifs is 3. The predicted octanol–water partition coefficient (Wildman–Crippen LogP) is -1.04. The minimum absolute atomic E-state index is 0. The number of rotatable bonds is 3. The lowest BCUT2D eigenvalue weighted by Gasteiger charge is -2.52. The summed E-state index contributed by atoms with van der Waals surface area (Å²) in [5.41, 5.74) is 0.476. The monoisotopic (exact) mass is 347 g/mol. The second kappa shape index (κ2) is 6.71. The predicted molar refractivity (Wildman–Crippen MR) is 80.8 cm³/mol. The molecule has 4 nitrogen and oxygen atoms in total. The van der Waals surface area contributed by atoms with E-state index in [1.54, 1.807) is 0 Å². The standard InChI is InChI=1S/C15H19ClFN3O.ClH/c1-11(20-7-4-19(5-8-20)6-9-20)15(21)18-14-3-2-12(17)10-13(14)16;/h2-3,10-11H,4-9H2,1H3;1H. The molecule has 0 aromatic heterocycles. The number of hydrogen-bond acceptors (Lipinski definition) is 2. The lowest BCUT2D eigenvalue weighted by molar-refractivity contribution is -0.953. The minimum atomic E-state index is -0.403. The highest BCUT2D eigenvalue weighted by Gasteiger charge is 2.45. The quantitative estimate of drug-likeness (QED) is 0.708. The van der Waals surface area contributed by atoms with Crippen molar-refractivity contribution >= 4 is 23.2 Å². The van der Waals surface area contributed by atoms with Gasteiger partial charge in [0.25, 0.3) is 5.91 Å². The number of hydrogen-bond donors (Lipinski definition) is 1. The van der Waals surface area contributed by atoms with Gasteiger partial charge in [0.15, 0.2) is 6.04 Å². The molecule has 1 unspecified atom stereocenters. The van der Waals surface area contributed by atoms with Crippen molar-refractivity contribution in [1.29, 1.82) is 0 Å². The number of nitrogens with one attached hydrogen (secondary N) is 1. The first kappa shape index (κ1) is 17.5. The molecule has 3 heterocycles. The van der Waals surface area contributed by atoms with E-state index in [1.807, 2.05) is 6.92 Å². The fourth-order valence-electron chi connectivity index (χ4n) is 3.35. The zero-order valence-corrected chi connectivity index (χ0v) is 14.0. The largest absolute Gasteiger partial charge is 1.00 e. The Hall–Kier alpha value is -0.880. The highest BCUT2D eigenvalue weighted by atomic mass is 35.5. The first-order valence-electron chi connectivity index (χ1n) is 7.34. The summed E-state index contributed by atoms with van der Waals surface area (Å²) in [4.78, 5) is 15.0. The maximum atomic E-state index is 13.1. The Balaban J connectivity index is 0.00000176. The van der Waals surface area contributed by atoms with Gasteiger partial charge >= 0.3 is 0 Å². The van der Waals surface area contributed by atoms with E-state index < -0.39 is 5.82 Å². The molecule has 2 bridgehead atoms. The molecule has 122 valence electrons. The van der Waals surface area contributed by atoms with Crippen molar-refractivity contribution in [2.75, 3.05) is 44.6 Å². The van der Waals surface area contributed by atoms with Crippen LogP contribution in [-0.4, -0.2) is 60.6 Å². The van der Waals surface area contributed by atoms with Crippen molar-refractivity contribution in [3.63, 3.8) is 0 Å². The Morgan fingerprint density at radius 2 is 1.91 bits per heavy atom. The van der Waals surface area contributed by atoms with Crippen molar-refractivity contribution < 1.29 is 26.1 Å². The molecule has 3 aliphatic heterocycles. The van der Waals surface area contributed by atoms with Crippen LogP contribution in [-0.2, 0) is 4.79 Å². The van der Waals surface area contributed by atoms with Crippen molar-refractivity contribution in [3.8, 4) is 0 Å². The molecule has 0 saturated carbocycles. The minimum Gasteiger partial charge on any atom is -1.00 e. The van der Waals surface area contributed by atoms with Gasteiger partial charge in [-0.2, -0.15) is 0 Å². The molecular weight excluding hydrogens is 328 g/mol. The topological polar surface area (TPSA) is 32.3 Å². The summed E-state index contributed by atoms with van der Waals surface area (Å²) in [5, 5.41) is 3.08. The van der Waals surface area contributed by atoms with Crippen molar-refractivity contribution in [1.82, 2.24) is 4.90 Å². The van der Waals surface area contributed by atoms with Gasteiger partial charge in [-0.3, -0.25) is 9.69 Å². The Kier molecular flexibility index (Phi) is 5.33. The summed E-state index contributed by atoms with van der Waals surface area (Å²) < 4.78 is 13.9. The Morgan fingerprint density at radius 1 is 1.32 bits per heavy atom. The number of halogens is 3. The zero-order chi connectivity index (χ0) is 15.0. The number of carbonyl (C=O) groups excluding carboxylic acids is 1. The number of piperazine rings is 3. The molecule has 1 aromatic rings. The molecule has 22 heavy (non-hydrogen) atoms. The molecule has 1 aromatic carbocycles. The average Bonchev–Trinajstić information content (AvgIpc) is 2.51. The maximum Gasteiger partial charge on any atom is 0.282 e. The van der Waals surface area contributed by atoms with E-state index in [1.165, 1.54) is 18.2 Å². The molecule has 3 fully saturated rings. The lowest BCUT2D eigenvalue weighted by atomic mass is 10.1. The maximum absolute atomic E-state index is 13.1. The number of quaternary nitrogens is 1. The third-order valence-electron chi connectivity index (χ3n) is 4.97. The van der Waals surface area contributed by atoms with Crippen LogP contribution >= 0.6 is 11.6 Å². The molecule has 1 amide bonds. The molecule has 3 saturated heterocycles. The fourth-order valence-corrected chi connectivity index (χ4v) is 3.56. The van der Waals surface area contributed by atoms with E-state index in [4.69, 9.17) is 11.6 Å². The molecule has 7 heteroatoms. The number of anilines is 1. The van der Waals surface area contributed by atoms with E-state index >= 15 is 0 Å². The summed E-state index contributed by atoms with van der Waals surface area (Å²) in [5.74, 6) is -0.445. The van der Waals surface area contributed by atoms with Gasteiger partial charge in [0.2, 0.25) is 0 Å². The first-order chi connectivity index (χ1) is 10.00. The third-order valence-corrected chi connectivity index (χ3v) is 5.29. The summed E-state index contributed by atoms with van der Waals surface area (Å²) in [6.45, 7) is 8.23. The number of benzene rings is 1. The van der Waals surface area contributed by atoms with Gasteiger partial charge in [0.05, 0.1) is 30.3 Å². The van der Waals surface area contributed by atoms with Crippen molar-refractivity contribution in [3.05, 3.63) is 29.0 Å². The summed E-state index contributed by atoms with van der Waals surface area (Å²) >= 11 is 5.97. The van der Waals surface area contributed by atoms with Gasteiger partial charge in [-0.25, -0.2) is 4.39 Å². The molecule has 4 rings (SSSR count). The fraction of sp³-hybridized carbons (Fsp3) is 0.533. The highest BCUT2D eigenvalue weighted by molar-refractivity contribution is 6.33. The second-order valence-corrected chi connectivity index (χ2v) is 6.43. The molecule has 3 aliphatic rings. The van der Waals surface area contributed by atoms with E-state index in [-0.39, 0.29) is 29.4 Å². The zero-order valence-electron chi connectivity index (χ0n) is 12.5. The smallest absolute Gasteiger partial charge is 0.282 e. The number of amides is 1. The van der Waals surface area contributed by atoms with Crippen LogP contribution in [0.4, 0.5) is 10.1 Å². The van der Waals surface area contributed by atoms with E-state index in [0.29, 0.717) is 5.69 Å². The normalized spacial score (nSPS) is 27.9. The second-order valence-electron chi connectivity index (χ2n) is 6.02. The first-order valence-corrected chi connectivity index (χ1v) is 7.72. The molecule has 0 spiro atoms. The molecule has 0 radical (unpaired) electrons. The van der Waals surface area contributed by atoms with E-state index in [2.05, 4.69) is 10.2 Å². The van der Waals surface area contributed by atoms with E-state index in [9.17, 15) is 9.18 Å². The Labute approximate surface area is 141 Å². The van der Waals surface area contributed by atoms with Crippen LogP contribution in [0.25, 0.3) is 0 Å². The van der Waals surface area contributed by atoms with Gasteiger partial charge in [-0.05, 0) is 25.1 Å². The van der Waals surface area contributed by atoms with Crippen molar-refractivity contribution in [2.24, 2.45) is 0 Å². The number of carbonyl (C=O) groups is 1. The van der Waals surface area contributed by atoms with Gasteiger partial charge in [-0.1, -0.05) is 11.6 Å². The van der Waals surface area contributed by atoms with Crippen molar-refractivity contribution in [2.45, 2.75) is 13.0 Å². The summed E-state index contributed by atoms with van der Waals surface area (Å²) in [6.07, 6.45) is 0. The average molecular weight is 348 g/mol. The molecular formula is C15H20Cl2FN3O. The summed E-state index contributed by atoms with van der Waals surface area (Å²) in [6, 6.07) is 3.91. The highest BCUT2D eigenvalue weighted by Crippen LogP contribution is 2.26. The van der Waals surface area contributed by atoms with Crippen LogP contribution in [0.1, 0.15) is 6.92 Å². The third kappa shape index (κ3) is 3.23. The van der Waals surface area contributed by atoms with E-state index in [0.717, 1.165) is 43.8 Å². The van der Waals surface area contributed by atoms with Gasteiger partial charge in [-0.15, -0.1) is 0 Å². The van der Waals surface area contributed by atoms with Crippen LogP contribution in [0.15, 0.2) is 18.2 Å². The van der Waals surface area contributed by atoms with Crippen LogP contribution < -0.4 is 17.7 Å². The van der Waals surface area contributed by atoms with Crippen LogP contribution in [0, 0.1) is 5.82 Å². The summed E-state index contributed by atoms with van der Waals surface area (Å²) in [7, 11) is 0. The SMILES string of the molecule is CC(C(=O)Nc1ccc(F)cc1Cl)[N+]12CCN(CC1)CC2.[Cl-]. The number of nitrogens with zero attached hydrogens (tertiary/aromatic N) is 2. The van der Waals surface area contributed by atoms with Crippen LogP contribution in [0.2, 0.25) is 5.02 Å². The molecule has 1 N–H and O–H groups in total. The molecule has 0 aliphatic carbocycles. The Bertz CT molecular complexity index is 548. The van der Waals surface area contributed by atoms with Crippen LogP contribution in [0.3, 0.4) is 0 Å². The Morgan fingerprint density at radius 3 is 2.45 bits per heavy atom. The molecule has 1 atom stereocenters. The van der Waals surface area contributed by atoms with Gasteiger partial charge in [0.1, 0.15) is 5.82 Å². The van der Waals surface area contributed by atoms with Gasteiger partial charge < -0.3 is 22.2 Å². The van der Waals surface area contributed by atoms with Gasteiger partial charge in [0, 0.05) is 19.6 Å². The lowest BCUT2D eigenvalue weighted by Crippen LogP contribution is -3.00.